The van der Waals surface area contributed by atoms with E-state index >= 15 is 0 Å². The third-order valence-corrected chi connectivity index (χ3v) is 6.85. The second-order valence-electron chi connectivity index (χ2n) is 8.69. The molecule has 1 aliphatic carbocycles. The Bertz CT molecular complexity index is 1120. The summed E-state index contributed by atoms with van der Waals surface area (Å²) in [6.07, 6.45) is 8.96. The molecule has 1 aromatic heterocycles. The van der Waals surface area contributed by atoms with Gasteiger partial charge in [0, 0.05) is 18.7 Å². The van der Waals surface area contributed by atoms with Gasteiger partial charge in [-0.1, -0.05) is 44.2 Å². The number of carbonyl (C=O) groups excluding carboxylic acids is 1. The fraction of sp³-hybridized carbons (Fsp3) is 0.542. The highest BCUT2D eigenvalue weighted by Crippen LogP contribution is 2.37. The number of nitrogens with one attached hydrogen (secondary N) is 2. The number of methoxy groups -OCH3 is 1. The fourth-order valence-corrected chi connectivity index (χ4v) is 5.32. The second kappa shape index (κ2) is 9.22. The molecule has 1 atom stereocenters. The van der Waals surface area contributed by atoms with Gasteiger partial charge in [-0.25, -0.2) is 4.79 Å². The summed E-state index contributed by atoms with van der Waals surface area (Å²) in [5.41, 5.74) is 2.36. The number of hydrogen-bond acceptors (Lipinski definition) is 5. The molecule has 0 spiro atoms. The molecule has 7 heteroatoms. The minimum atomic E-state index is -0.646. The number of H-pyrrole nitrogens is 1. The molecule has 2 heterocycles. The minimum absolute atomic E-state index is 0.0654. The summed E-state index contributed by atoms with van der Waals surface area (Å²) in [6.45, 7) is 0.755. The Morgan fingerprint density at radius 1 is 1.10 bits per heavy atom. The Balaban J connectivity index is 1.91. The van der Waals surface area contributed by atoms with E-state index in [9.17, 15) is 14.4 Å². The van der Waals surface area contributed by atoms with Crippen molar-refractivity contribution in [3.63, 3.8) is 0 Å². The summed E-state index contributed by atoms with van der Waals surface area (Å²) in [5.74, 6) is 0.0592. The summed E-state index contributed by atoms with van der Waals surface area (Å²) in [5, 5.41) is 3.60. The molecule has 0 amide bonds. The molecule has 4 rings (SSSR count). The molecule has 0 bridgehead atoms. The quantitative estimate of drug-likeness (QED) is 0.583. The molecule has 2 N–H and O–H groups in total. The maximum absolute atomic E-state index is 13.1. The van der Waals surface area contributed by atoms with Gasteiger partial charge in [0.1, 0.15) is 0 Å². The molecule has 166 valence electrons. The maximum atomic E-state index is 13.1. The minimum Gasteiger partial charge on any atom is -0.466 e. The number of aryl methyl sites for hydroxylation is 1. The number of aromatic amines is 1. The van der Waals surface area contributed by atoms with Crippen LogP contribution < -0.4 is 16.4 Å². The molecule has 0 radical (unpaired) electrons. The highest BCUT2D eigenvalue weighted by atomic mass is 16.5. The van der Waals surface area contributed by atoms with Crippen LogP contribution in [-0.4, -0.2) is 35.2 Å². The van der Waals surface area contributed by atoms with Crippen LogP contribution in [0.25, 0.3) is 16.6 Å². The lowest BCUT2D eigenvalue weighted by molar-refractivity contribution is -0.136. The lowest BCUT2D eigenvalue weighted by Crippen LogP contribution is -2.45. The normalized spacial score (nSPS) is 21.0. The van der Waals surface area contributed by atoms with Crippen molar-refractivity contribution < 1.29 is 9.53 Å². The predicted octanol–water partition coefficient (Wildman–Crippen LogP) is 2.88. The van der Waals surface area contributed by atoms with Crippen LogP contribution in [0.3, 0.4) is 0 Å². The van der Waals surface area contributed by atoms with Crippen molar-refractivity contribution in [2.24, 2.45) is 13.0 Å². The topological polar surface area (TPSA) is 93.2 Å². The Labute approximate surface area is 181 Å². The first-order valence-electron chi connectivity index (χ1n) is 11.3. The molecule has 2 aliphatic rings. The van der Waals surface area contributed by atoms with Crippen LogP contribution in [0, 0.1) is 5.92 Å². The van der Waals surface area contributed by atoms with Crippen molar-refractivity contribution in [3.05, 3.63) is 50.0 Å². The van der Waals surface area contributed by atoms with E-state index in [0.29, 0.717) is 28.9 Å². The molecule has 0 saturated heterocycles. The molecule has 1 aliphatic heterocycles. The number of ether oxygens (including phenoxy) is 1. The van der Waals surface area contributed by atoms with Crippen molar-refractivity contribution in [1.82, 2.24) is 14.9 Å². The summed E-state index contributed by atoms with van der Waals surface area (Å²) in [6, 6.07) is 5.50. The molecule has 1 aromatic carbocycles. The molecule has 7 nitrogen and oxygen atoms in total. The van der Waals surface area contributed by atoms with E-state index in [0.717, 1.165) is 30.5 Å². The Hall–Kier alpha value is -2.67. The van der Waals surface area contributed by atoms with Gasteiger partial charge < -0.3 is 19.6 Å². The maximum Gasteiger partial charge on any atom is 0.335 e. The van der Waals surface area contributed by atoms with Crippen LogP contribution in [0.15, 0.2) is 33.4 Å². The van der Waals surface area contributed by atoms with Gasteiger partial charge in [0.15, 0.2) is 0 Å². The van der Waals surface area contributed by atoms with Gasteiger partial charge in [-0.15, -0.1) is 0 Å². The lowest BCUT2D eigenvalue weighted by atomic mass is 9.78. The smallest absolute Gasteiger partial charge is 0.335 e. The first-order chi connectivity index (χ1) is 15.0. The third kappa shape index (κ3) is 4.11. The van der Waals surface area contributed by atoms with E-state index in [1.165, 1.54) is 43.8 Å². The summed E-state index contributed by atoms with van der Waals surface area (Å²) in [4.78, 5) is 40.1. The van der Waals surface area contributed by atoms with Gasteiger partial charge in [0.2, 0.25) is 0 Å². The van der Waals surface area contributed by atoms with E-state index in [2.05, 4.69) is 10.3 Å². The van der Waals surface area contributed by atoms with Gasteiger partial charge in [-0.05, 0) is 43.4 Å². The van der Waals surface area contributed by atoms with E-state index in [1.807, 2.05) is 12.1 Å². The van der Waals surface area contributed by atoms with E-state index in [1.54, 1.807) is 13.1 Å². The highest BCUT2D eigenvalue weighted by molar-refractivity contribution is 6.03. The molecule has 1 saturated carbocycles. The van der Waals surface area contributed by atoms with Crippen LogP contribution in [0.2, 0.25) is 0 Å². The van der Waals surface area contributed by atoms with Gasteiger partial charge >= 0.3 is 17.1 Å². The monoisotopic (exact) mass is 425 g/mol. The number of rotatable bonds is 3. The zero-order chi connectivity index (χ0) is 22.0. The average molecular weight is 426 g/mol. The summed E-state index contributed by atoms with van der Waals surface area (Å²) >= 11 is 0. The largest absolute Gasteiger partial charge is 0.466 e. The summed E-state index contributed by atoms with van der Waals surface area (Å²) in [7, 11) is 3.03. The molecule has 31 heavy (non-hydrogen) atoms. The van der Waals surface area contributed by atoms with Gasteiger partial charge in [0.05, 0.1) is 23.7 Å². The van der Waals surface area contributed by atoms with Gasteiger partial charge in [0.25, 0.3) is 0 Å². The molecule has 1 fully saturated rings. The third-order valence-electron chi connectivity index (χ3n) is 6.85. The van der Waals surface area contributed by atoms with Crippen LogP contribution in [0.4, 0.5) is 0 Å². The number of hydrogen-bond donors (Lipinski definition) is 2. The van der Waals surface area contributed by atoms with E-state index < -0.39 is 11.1 Å². The van der Waals surface area contributed by atoms with Gasteiger partial charge in [-0.2, -0.15) is 0 Å². The van der Waals surface area contributed by atoms with Crippen LogP contribution in [-0.2, 0) is 16.6 Å². The standard InChI is InChI=1S/C24H31N3O4/c1-27-21-17(11-8-12-18(21)26-22(28)23(27)29)16-13-14-25-20(19(16)24(30)31-2)15-9-6-4-3-5-7-10-15/h8,11-12,15,20,25H,3-7,9-10,13-14H2,1-2H3,(H,26,28). The number of fused-ring (bicyclic) bond motifs is 1. The fourth-order valence-electron chi connectivity index (χ4n) is 5.32. The average Bonchev–Trinajstić information content (AvgIpc) is 2.76. The number of nitrogens with zero attached hydrogens (tertiary/aromatic N) is 1. The molecular formula is C24H31N3O4. The van der Waals surface area contributed by atoms with Crippen molar-refractivity contribution >= 4 is 22.6 Å². The predicted molar refractivity (Wildman–Crippen MR) is 121 cm³/mol. The first kappa shape index (κ1) is 21.6. The Morgan fingerprint density at radius 3 is 2.52 bits per heavy atom. The van der Waals surface area contributed by atoms with Crippen molar-refractivity contribution in [1.29, 1.82) is 0 Å². The Kier molecular flexibility index (Phi) is 6.41. The molecule has 2 aromatic rings. The molecular weight excluding hydrogens is 394 g/mol. The number of carbonyl (C=O) groups is 1. The number of esters is 1. The Morgan fingerprint density at radius 2 is 1.81 bits per heavy atom. The van der Waals surface area contributed by atoms with E-state index in [-0.39, 0.29) is 12.0 Å². The van der Waals surface area contributed by atoms with Crippen molar-refractivity contribution in [2.75, 3.05) is 13.7 Å². The van der Waals surface area contributed by atoms with Crippen LogP contribution >= 0.6 is 0 Å². The SMILES string of the molecule is COC(=O)C1=C(c2cccc3[nH]c(=O)c(=O)n(C)c23)CCNC1C1CCCCCCC1. The number of aromatic nitrogens is 2. The van der Waals surface area contributed by atoms with Crippen LogP contribution in [0.5, 0.6) is 0 Å². The van der Waals surface area contributed by atoms with Gasteiger partial charge in [-0.3, -0.25) is 9.59 Å². The highest BCUT2D eigenvalue weighted by Gasteiger charge is 2.35. The first-order valence-corrected chi connectivity index (χ1v) is 11.3. The number of para-hydroxylation sites is 1. The summed E-state index contributed by atoms with van der Waals surface area (Å²) < 4.78 is 6.63. The lowest BCUT2D eigenvalue weighted by Gasteiger charge is -2.35. The zero-order valence-electron chi connectivity index (χ0n) is 18.3. The second-order valence-corrected chi connectivity index (χ2v) is 8.69. The van der Waals surface area contributed by atoms with Crippen molar-refractivity contribution in [3.8, 4) is 0 Å². The number of benzene rings is 1. The van der Waals surface area contributed by atoms with Crippen LogP contribution in [0.1, 0.15) is 56.9 Å². The van der Waals surface area contributed by atoms with Crippen molar-refractivity contribution in [2.45, 2.75) is 57.4 Å². The zero-order valence-corrected chi connectivity index (χ0v) is 18.3. The molecule has 1 unspecified atom stereocenters. The van der Waals surface area contributed by atoms with E-state index in [4.69, 9.17) is 4.74 Å².